The number of thioether (sulfide) groups is 1. The molecule has 3 aliphatic rings. The second-order valence-corrected chi connectivity index (χ2v) is 9.97. The van der Waals surface area contributed by atoms with Crippen molar-refractivity contribution < 1.29 is 14.4 Å². The summed E-state index contributed by atoms with van der Waals surface area (Å²) >= 11 is 1.72. The van der Waals surface area contributed by atoms with Gasteiger partial charge in [0.15, 0.2) is 0 Å². The van der Waals surface area contributed by atoms with Gasteiger partial charge >= 0.3 is 6.03 Å². The molecule has 2 aromatic carbocycles. The summed E-state index contributed by atoms with van der Waals surface area (Å²) in [5, 5.41) is 2.95. The molecule has 2 heterocycles. The van der Waals surface area contributed by atoms with E-state index in [1.807, 2.05) is 61.5 Å². The minimum Gasteiger partial charge on any atom is -0.323 e. The third-order valence-electron chi connectivity index (χ3n) is 7.08. The molecular formula is C25H27N3O3S. The number of nitrogens with zero attached hydrogens (tertiary/aromatic N) is 2. The first kappa shape index (κ1) is 21.1. The molecule has 1 N–H and O–H groups in total. The van der Waals surface area contributed by atoms with E-state index >= 15 is 0 Å². The number of rotatable bonds is 3. The molecule has 0 radical (unpaired) electrons. The van der Waals surface area contributed by atoms with Gasteiger partial charge in [0, 0.05) is 10.6 Å². The number of para-hydroxylation sites is 1. The number of fused-ring (bicyclic) bond motifs is 1. The summed E-state index contributed by atoms with van der Waals surface area (Å²) in [4.78, 5) is 43.9. The molecule has 1 saturated carbocycles. The molecular weight excluding hydrogens is 422 g/mol. The highest BCUT2D eigenvalue weighted by atomic mass is 32.2. The maximum Gasteiger partial charge on any atom is 0.325 e. The zero-order chi connectivity index (χ0) is 22.3. The van der Waals surface area contributed by atoms with Crippen LogP contribution in [-0.2, 0) is 9.59 Å². The third-order valence-corrected chi connectivity index (χ3v) is 8.22. The Hall–Kier alpha value is -2.80. The molecule has 1 spiro atoms. The van der Waals surface area contributed by atoms with E-state index in [9.17, 15) is 14.4 Å². The van der Waals surface area contributed by atoms with Crippen LogP contribution in [0.2, 0.25) is 0 Å². The Bertz CT molecular complexity index is 1060. The molecule has 0 aromatic heterocycles. The van der Waals surface area contributed by atoms with Crippen LogP contribution in [0.3, 0.4) is 0 Å². The van der Waals surface area contributed by atoms with Crippen LogP contribution in [0.1, 0.15) is 44.2 Å². The summed E-state index contributed by atoms with van der Waals surface area (Å²) in [6.07, 6.45) is 3.51. The largest absolute Gasteiger partial charge is 0.325 e. The molecule has 1 saturated heterocycles. The smallest absolute Gasteiger partial charge is 0.323 e. The van der Waals surface area contributed by atoms with Crippen molar-refractivity contribution >= 4 is 35.3 Å². The molecule has 7 heteroatoms. The summed E-state index contributed by atoms with van der Waals surface area (Å²) in [6, 6.07) is 17.1. The van der Waals surface area contributed by atoms with Crippen molar-refractivity contribution in [2.24, 2.45) is 5.92 Å². The second-order valence-electron chi connectivity index (χ2n) is 8.91. The second kappa shape index (κ2) is 8.28. The first-order valence-electron chi connectivity index (χ1n) is 11.2. The number of anilines is 1. The van der Waals surface area contributed by atoms with Gasteiger partial charge in [-0.3, -0.25) is 14.5 Å². The van der Waals surface area contributed by atoms with Crippen LogP contribution in [0, 0.1) is 5.92 Å². The average molecular weight is 450 g/mol. The lowest BCUT2D eigenvalue weighted by atomic mass is 9.73. The van der Waals surface area contributed by atoms with Crippen LogP contribution < -0.4 is 10.2 Å². The van der Waals surface area contributed by atoms with Crippen molar-refractivity contribution in [3.63, 3.8) is 0 Å². The Morgan fingerprint density at radius 1 is 1.09 bits per heavy atom. The molecule has 1 aliphatic carbocycles. The van der Waals surface area contributed by atoms with Crippen LogP contribution in [0.4, 0.5) is 10.5 Å². The monoisotopic (exact) mass is 449 g/mol. The molecule has 2 aliphatic heterocycles. The zero-order valence-electron chi connectivity index (χ0n) is 18.1. The van der Waals surface area contributed by atoms with Crippen LogP contribution in [0.25, 0.3) is 0 Å². The van der Waals surface area contributed by atoms with Gasteiger partial charge in [-0.15, -0.1) is 11.8 Å². The van der Waals surface area contributed by atoms with Gasteiger partial charge in [0.05, 0.1) is 11.7 Å². The molecule has 166 valence electrons. The van der Waals surface area contributed by atoms with Crippen LogP contribution >= 0.6 is 11.8 Å². The van der Waals surface area contributed by atoms with E-state index in [0.29, 0.717) is 12.2 Å². The van der Waals surface area contributed by atoms with Gasteiger partial charge in [0.25, 0.3) is 5.91 Å². The summed E-state index contributed by atoms with van der Waals surface area (Å²) < 4.78 is 0. The molecule has 2 aromatic rings. The van der Waals surface area contributed by atoms with Gasteiger partial charge in [0.1, 0.15) is 12.1 Å². The van der Waals surface area contributed by atoms with E-state index in [1.165, 1.54) is 0 Å². The van der Waals surface area contributed by atoms with Crippen LogP contribution in [-0.4, -0.2) is 40.6 Å². The lowest BCUT2D eigenvalue weighted by Crippen LogP contribution is -2.54. The number of nitrogens with one attached hydrogen (secondary N) is 1. The summed E-state index contributed by atoms with van der Waals surface area (Å²) in [5.74, 6) is 0.292. The van der Waals surface area contributed by atoms with E-state index < -0.39 is 11.6 Å². The molecule has 32 heavy (non-hydrogen) atoms. The number of amides is 4. The number of imide groups is 1. The molecule has 5 rings (SSSR count). The number of urea groups is 1. The van der Waals surface area contributed by atoms with E-state index in [1.54, 1.807) is 16.7 Å². The fourth-order valence-electron chi connectivity index (χ4n) is 5.27. The van der Waals surface area contributed by atoms with E-state index in [4.69, 9.17) is 0 Å². The molecule has 0 unspecified atom stereocenters. The minimum absolute atomic E-state index is 0.0666. The van der Waals surface area contributed by atoms with Gasteiger partial charge in [-0.05, 0) is 36.5 Å². The van der Waals surface area contributed by atoms with Crippen molar-refractivity contribution in [1.29, 1.82) is 0 Å². The Kier molecular flexibility index (Phi) is 5.45. The predicted molar refractivity (Wildman–Crippen MR) is 124 cm³/mol. The van der Waals surface area contributed by atoms with Crippen molar-refractivity contribution in [3.05, 3.63) is 60.2 Å². The summed E-state index contributed by atoms with van der Waals surface area (Å²) in [5.41, 5.74) is 1.01. The first-order chi connectivity index (χ1) is 15.5. The van der Waals surface area contributed by atoms with Crippen molar-refractivity contribution in [1.82, 2.24) is 10.2 Å². The molecule has 6 nitrogen and oxygen atoms in total. The predicted octanol–water partition coefficient (Wildman–Crippen LogP) is 4.37. The fourth-order valence-corrected chi connectivity index (χ4v) is 6.44. The SMILES string of the molecule is C[C@@H]1CCCC[C@]12NC(=O)N(CC(=O)N1c3ccccc3SC[C@@H]1c1ccccc1)C2=O. The highest BCUT2D eigenvalue weighted by Gasteiger charge is 2.55. The van der Waals surface area contributed by atoms with Gasteiger partial charge in [-0.25, -0.2) is 4.79 Å². The standard InChI is InChI=1S/C25H27N3O3S/c1-17-9-7-8-14-25(17)23(30)27(24(31)26-25)15-22(29)28-19-12-5-6-13-21(19)32-16-20(28)18-10-3-2-4-11-18/h2-6,10-13,17,20H,7-9,14-16H2,1H3,(H,26,31)/t17-,20-,25+/m1/s1. The molecule has 4 amide bonds. The van der Waals surface area contributed by atoms with E-state index in [0.717, 1.165) is 40.3 Å². The number of carbonyl (C=O) groups is 3. The third kappa shape index (κ3) is 3.39. The zero-order valence-corrected chi connectivity index (χ0v) is 18.9. The number of hydrogen-bond acceptors (Lipinski definition) is 4. The lowest BCUT2D eigenvalue weighted by Gasteiger charge is -2.38. The van der Waals surface area contributed by atoms with Crippen molar-refractivity contribution in [2.75, 3.05) is 17.2 Å². The highest BCUT2D eigenvalue weighted by molar-refractivity contribution is 7.99. The van der Waals surface area contributed by atoms with E-state index in [2.05, 4.69) is 5.32 Å². The Labute approximate surface area is 192 Å². The quantitative estimate of drug-likeness (QED) is 0.707. The maximum absolute atomic E-state index is 13.7. The minimum atomic E-state index is -0.857. The molecule has 0 bridgehead atoms. The van der Waals surface area contributed by atoms with Gasteiger partial charge in [0.2, 0.25) is 5.91 Å². The number of benzene rings is 2. The highest BCUT2D eigenvalue weighted by Crippen LogP contribution is 2.43. The Morgan fingerprint density at radius 2 is 1.84 bits per heavy atom. The first-order valence-corrected chi connectivity index (χ1v) is 12.2. The van der Waals surface area contributed by atoms with Crippen LogP contribution in [0.15, 0.2) is 59.5 Å². The maximum atomic E-state index is 13.7. The number of carbonyl (C=O) groups excluding carboxylic acids is 3. The van der Waals surface area contributed by atoms with Crippen LogP contribution in [0.5, 0.6) is 0 Å². The summed E-state index contributed by atoms with van der Waals surface area (Å²) in [7, 11) is 0. The van der Waals surface area contributed by atoms with Crippen molar-refractivity contribution in [3.8, 4) is 0 Å². The molecule has 3 atom stereocenters. The summed E-state index contributed by atoms with van der Waals surface area (Å²) in [6.45, 7) is 1.77. The number of hydrogen-bond donors (Lipinski definition) is 1. The topological polar surface area (TPSA) is 69.7 Å². The average Bonchev–Trinajstić information content (AvgIpc) is 3.05. The van der Waals surface area contributed by atoms with Gasteiger partial charge in [-0.1, -0.05) is 62.2 Å². The Morgan fingerprint density at radius 3 is 2.62 bits per heavy atom. The molecule has 2 fully saturated rings. The van der Waals surface area contributed by atoms with Gasteiger partial charge < -0.3 is 10.2 Å². The van der Waals surface area contributed by atoms with E-state index in [-0.39, 0.29) is 30.3 Å². The van der Waals surface area contributed by atoms with Gasteiger partial charge in [-0.2, -0.15) is 0 Å². The lowest BCUT2D eigenvalue weighted by molar-refractivity contribution is -0.136. The van der Waals surface area contributed by atoms with Crippen molar-refractivity contribution in [2.45, 2.75) is 49.1 Å². The fraction of sp³-hybridized carbons (Fsp3) is 0.400. The Balaban J connectivity index is 1.45. The normalized spacial score (nSPS) is 27.4.